The molecule has 1 N–H and O–H groups in total. The van der Waals surface area contributed by atoms with Crippen molar-refractivity contribution in [2.45, 2.75) is 9.79 Å². The van der Waals surface area contributed by atoms with Gasteiger partial charge in [-0.2, -0.15) is 13.5 Å². The van der Waals surface area contributed by atoms with Gasteiger partial charge in [-0.1, -0.05) is 36.4 Å². The van der Waals surface area contributed by atoms with Crippen molar-refractivity contribution in [1.82, 2.24) is 0 Å². The van der Waals surface area contributed by atoms with Crippen molar-refractivity contribution in [3.05, 3.63) is 66.7 Å². The molecule has 0 aromatic heterocycles. The Bertz CT molecular complexity index is 1610. The molecule has 0 saturated heterocycles. The van der Waals surface area contributed by atoms with Gasteiger partial charge >= 0.3 is 59.1 Å². The normalized spacial score (nSPS) is 11.9. The standard InChI is InChI=1S/C20H14N2O7S2.2Na/c23-18-8-10-20(31(27,28)29)15-6-5-12(11-16(15)18)21-22-17-7-9-19(30(24,25)26)14-4-2-1-3-13(14)17;;/h1-11,23H,(H,24,25,26)(H,27,28,29);;/q;2*+1/p-2. The van der Waals surface area contributed by atoms with Crippen LogP contribution < -0.4 is 64.2 Å². The van der Waals surface area contributed by atoms with Crippen LogP contribution in [0.15, 0.2) is 86.7 Å². The van der Waals surface area contributed by atoms with E-state index in [4.69, 9.17) is 0 Å². The summed E-state index contributed by atoms with van der Waals surface area (Å²) in [5, 5.41) is 21.0. The summed E-state index contributed by atoms with van der Waals surface area (Å²) >= 11 is 0. The molecule has 0 fully saturated rings. The van der Waals surface area contributed by atoms with Crippen LogP contribution in [-0.4, -0.2) is 25.9 Å². The smallest absolute Gasteiger partial charge is 0.872 e. The quantitative estimate of drug-likeness (QED) is 0.186. The second-order valence-corrected chi connectivity index (χ2v) is 9.29. The van der Waals surface area contributed by atoms with Gasteiger partial charge in [0, 0.05) is 16.2 Å². The minimum absolute atomic E-state index is 0. The molecule has 158 valence electrons. The first-order valence-electron chi connectivity index (χ1n) is 8.66. The van der Waals surface area contributed by atoms with Gasteiger partial charge in [-0.25, -0.2) is 8.42 Å². The third-order valence-corrected chi connectivity index (χ3v) is 6.41. The topological polar surface area (TPSA) is 159 Å². The second-order valence-electron chi connectivity index (χ2n) is 6.55. The summed E-state index contributed by atoms with van der Waals surface area (Å²) < 4.78 is 66.9. The van der Waals surface area contributed by atoms with E-state index < -0.39 is 30.9 Å². The number of hydrogen-bond acceptors (Lipinski definition) is 8. The average Bonchev–Trinajstić information content (AvgIpc) is 2.70. The van der Waals surface area contributed by atoms with Crippen LogP contribution in [-0.2, 0) is 20.2 Å². The monoisotopic (exact) mass is 502 g/mol. The van der Waals surface area contributed by atoms with E-state index in [1.807, 2.05) is 0 Å². The molecule has 4 rings (SSSR count). The van der Waals surface area contributed by atoms with Crippen LogP contribution in [0.1, 0.15) is 0 Å². The van der Waals surface area contributed by atoms with Crippen LogP contribution in [0.5, 0.6) is 5.75 Å². The first-order valence-corrected chi connectivity index (χ1v) is 11.5. The molecule has 0 aliphatic heterocycles. The Kier molecular flexibility index (Phi) is 8.85. The fraction of sp³-hybridized carbons (Fsp3) is 0. The van der Waals surface area contributed by atoms with Crippen LogP contribution in [0.4, 0.5) is 11.4 Å². The predicted octanol–water partition coefficient (Wildman–Crippen LogP) is -2.36. The molecule has 0 bridgehead atoms. The molecule has 0 unspecified atom stereocenters. The van der Waals surface area contributed by atoms with E-state index in [0.717, 1.165) is 18.2 Å². The SMILES string of the molecule is O=S(=O)([O-])c1ccc(N=Nc2ccc3c(S(=O)(=O)O)ccc([O-])c3c2)c2ccccc12.[Na+].[Na+]. The summed E-state index contributed by atoms with van der Waals surface area (Å²) in [5.41, 5.74) is 0.513. The summed E-state index contributed by atoms with van der Waals surface area (Å²) in [5.74, 6) is -0.463. The largest absolute Gasteiger partial charge is 1.00 e. The van der Waals surface area contributed by atoms with E-state index in [-0.39, 0.29) is 91.5 Å². The molecular weight excluding hydrogens is 490 g/mol. The molecule has 0 spiro atoms. The third kappa shape index (κ3) is 5.82. The predicted molar refractivity (Wildman–Crippen MR) is 109 cm³/mol. The fourth-order valence-electron chi connectivity index (χ4n) is 3.24. The summed E-state index contributed by atoms with van der Waals surface area (Å²) in [6.07, 6.45) is 0. The second kappa shape index (κ2) is 10.5. The van der Waals surface area contributed by atoms with Gasteiger partial charge in [0.15, 0.2) is 0 Å². The maximum Gasteiger partial charge on any atom is 1.00 e. The summed E-state index contributed by atoms with van der Waals surface area (Å²) in [6.45, 7) is 0. The van der Waals surface area contributed by atoms with Crippen molar-refractivity contribution in [2.24, 2.45) is 10.2 Å². The van der Waals surface area contributed by atoms with E-state index in [0.29, 0.717) is 5.39 Å². The Morgan fingerprint density at radius 3 is 1.94 bits per heavy atom. The van der Waals surface area contributed by atoms with Crippen LogP contribution in [0.25, 0.3) is 21.5 Å². The average molecular weight is 502 g/mol. The molecule has 0 saturated carbocycles. The Labute approximate surface area is 233 Å². The van der Waals surface area contributed by atoms with Gasteiger partial charge in [0.05, 0.1) is 16.3 Å². The van der Waals surface area contributed by atoms with Crippen LogP contribution in [0, 0.1) is 0 Å². The zero-order valence-corrected chi connectivity index (χ0v) is 23.1. The van der Waals surface area contributed by atoms with Crippen molar-refractivity contribution in [3.8, 4) is 5.75 Å². The molecule has 4 aromatic rings. The molecule has 0 atom stereocenters. The van der Waals surface area contributed by atoms with E-state index >= 15 is 0 Å². The molecule has 4 aromatic carbocycles. The summed E-state index contributed by atoms with van der Waals surface area (Å²) in [7, 11) is -9.21. The first kappa shape index (κ1) is 27.9. The Hall–Kier alpha value is -1.38. The number of fused-ring (bicyclic) bond motifs is 2. The fourth-order valence-corrected chi connectivity index (χ4v) is 4.62. The minimum atomic E-state index is -4.69. The Balaban J connectivity index is 0.00000193. The van der Waals surface area contributed by atoms with Gasteiger partial charge in [-0.3, -0.25) is 4.55 Å². The molecule has 13 heteroatoms. The number of benzene rings is 4. The van der Waals surface area contributed by atoms with E-state index in [2.05, 4.69) is 10.2 Å². The zero-order valence-electron chi connectivity index (χ0n) is 17.5. The third-order valence-electron chi connectivity index (χ3n) is 4.60. The van der Waals surface area contributed by atoms with Gasteiger partial charge in [0.1, 0.15) is 15.0 Å². The number of rotatable bonds is 4. The van der Waals surface area contributed by atoms with Crippen molar-refractivity contribution in [3.63, 3.8) is 0 Å². The van der Waals surface area contributed by atoms with E-state index in [9.17, 15) is 31.0 Å². The molecule has 9 nitrogen and oxygen atoms in total. The zero-order chi connectivity index (χ0) is 22.4. The molecular formula is C20H12N2Na2O7S2. The van der Waals surface area contributed by atoms with Crippen molar-refractivity contribution < 1.29 is 90.2 Å². The Morgan fingerprint density at radius 2 is 1.30 bits per heavy atom. The maximum atomic E-state index is 12.2. The van der Waals surface area contributed by atoms with Crippen LogP contribution >= 0.6 is 0 Å². The minimum Gasteiger partial charge on any atom is -0.872 e. The van der Waals surface area contributed by atoms with Gasteiger partial charge < -0.3 is 9.66 Å². The molecule has 0 aliphatic carbocycles. The summed E-state index contributed by atoms with van der Waals surface area (Å²) in [6, 6.07) is 14.9. The number of nitrogens with zero attached hydrogens (tertiary/aromatic N) is 2. The van der Waals surface area contributed by atoms with Gasteiger partial charge in [0.25, 0.3) is 10.1 Å². The Morgan fingerprint density at radius 1 is 0.697 bits per heavy atom. The first-order chi connectivity index (χ1) is 14.6. The van der Waals surface area contributed by atoms with Crippen molar-refractivity contribution >= 4 is 53.2 Å². The van der Waals surface area contributed by atoms with E-state index in [1.54, 1.807) is 18.2 Å². The molecule has 0 aliphatic rings. The van der Waals surface area contributed by atoms with E-state index in [1.165, 1.54) is 30.3 Å². The van der Waals surface area contributed by atoms with Gasteiger partial charge in [-0.15, -0.1) is 10.9 Å². The van der Waals surface area contributed by atoms with Crippen LogP contribution in [0.2, 0.25) is 0 Å². The van der Waals surface area contributed by atoms with Crippen molar-refractivity contribution in [1.29, 1.82) is 0 Å². The maximum absolute atomic E-state index is 12.2. The number of hydrogen-bond donors (Lipinski definition) is 1. The molecule has 0 radical (unpaired) electrons. The van der Waals surface area contributed by atoms with Crippen molar-refractivity contribution in [2.75, 3.05) is 0 Å². The molecule has 0 amide bonds. The number of azo groups is 1. The summed E-state index contributed by atoms with van der Waals surface area (Å²) in [4.78, 5) is -0.771. The van der Waals surface area contributed by atoms with Gasteiger partial charge in [-0.05, 0) is 35.7 Å². The van der Waals surface area contributed by atoms with Gasteiger partial charge in [0.2, 0.25) is 0 Å². The molecule has 0 heterocycles. The molecule has 33 heavy (non-hydrogen) atoms. The van der Waals surface area contributed by atoms with Crippen LogP contribution in [0.3, 0.4) is 0 Å².